The first-order valence-electron chi connectivity index (χ1n) is 7.03. The third-order valence-electron chi connectivity index (χ3n) is 3.29. The summed E-state index contributed by atoms with van der Waals surface area (Å²) in [7, 11) is 0. The van der Waals surface area contributed by atoms with Crippen LogP contribution in [0.15, 0.2) is 41.1 Å². The Bertz CT molecular complexity index is 770. The van der Waals surface area contributed by atoms with Gasteiger partial charge in [-0.25, -0.2) is 4.98 Å². The number of thiophene rings is 1. The summed E-state index contributed by atoms with van der Waals surface area (Å²) in [4.78, 5) is 15.4. The number of allylic oxidation sites excluding steroid dienone is 1. The van der Waals surface area contributed by atoms with Crippen LogP contribution < -0.4 is 0 Å². The molecule has 3 nitrogen and oxygen atoms in total. The first kappa shape index (κ1) is 14.9. The Hall–Kier alpha value is -1.98. The molecule has 0 aliphatic carbocycles. The molecule has 22 heavy (non-hydrogen) atoms. The minimum atomic E-state index is -0.751. The van der Waals surface area contributed by atoms with Crippen LogP contribution in [0.5, 0.6) is 0 Å². The van der Waals surface area contributed by atoms with Crippen LogP contribution in [0.2, 0.25) is 0 Å². The number of aliphatic carboxylic acids is 1. The van der Waals surface area contributed by atoms with E-state index < -0.39 is 5.97 Å². The lowest BCUT2D eigenvalue weighted by Crippen LogP contribution is -1.94. The molecule has 0 aliphatic heterocycles. The predicted molar refractivity (Wildman–Crippen MR) is 93.3 cm³/mol. The van der Waals surface area contributed by atoms with Gasteiger partial charge in [0.15, 0.2) is 0 Å². The number of carboxylic acids is 1. The van der Waals surface area contributed by atoms with E-state index in [1.165, 1.54) is 0 Å². The SMILES string of the molecule is O=C(O)CCC/C(=C\c1ccsc1)c1nc2ccccc2s1. The number of thiazole rings is 1. The molecule has 0 fully saturated rings. The van der Waals surface area contributed by atoms with Gasteiger partial charge in [0.05, 0.1) is 10.2 Å². The van der Waals surface area contributed by atoms with Crippen molar-refractivity contribution in [2.24, 2.45) is 0 Å². The molecule has 3 rings (SSSR count). The number of hydrogen-bond donors (Lipinski definition) is 1. The molecule has 1 N–H and O–H groups in total. The van der Waals surface area contributed by atoms with Gasteiger partial charge in [0.2, 0.25) is 0 Å². The van der Waals surface area contributed by atoms with Crippen LogP contribution in [-0.2, 0) is 4.79 Å². The van der Waals surface area contributed by atoms with Crippen molar-refractivity contribution in [2.75, 3.05) is 0 Å². The van der Waals surface area contributed by atoms with Crippen LogP contribution in [0.4, 0.5) is 0 Å². The van der Waals surface area contributed by atoms with Crippen molar-refractivity contribution < 1.29 is 9.90 Å². The van der Waals surface area contributed by atoms with Crippen LogP contribution in [0.3, 0.4) is 0 Å². The van der Waals surface area contributed by atoms with Gasteiger partial charge in [0.1, 0.15) is 5.01 Å². The topological polar surface area (TPSA) is 50.2 Å². The number of aromatic nitrogens is 1. The standard InChI is InChI=1S/C17H15NO2S2/c19-16(20)7-3-4-13(10-12-8-9-21-11-12)17-18-14-5-1-2-6-15(14)22-17/h1-2,5-6,8-11H,3-4,7H2,(H,19,20)/b13-10+. The average Bonchev–Trinajstić information content (AvgIpc) is 3.14. The van der Waals surface area contributed by atoms with E-state index in [0.29, 0.717) is 6.42 Å². The zero-order valence-electron chi connectivity index (χ0n) is 11.9. The molecule has 0 saturated carbocycles. The highest BCUT2D eigenvalue weighted by molar-refractivity contribution is 7.19. The lowest BCUT2D eigenvalue weighted by molar-refractivity contribution is -0.137. The lowest BCUT2D eigenvalue weighted by Gasteiger charge is -2.03. The fraction of sp³-hybridized carbons (Fsp3) is 0.176. The average molecular weight is 329 g/mol. The van der Waals surface area contributed by atoms with Crippen LogP contribution in [0, 0.1) is 0 Å². The van der Waals surface area contributed by atoms with Crippen molar-refractivity contribution in [3.63, 3.8) is 0 Å². The molecule has 112 valence electrons. The number of fused-ring (bicyclic) bond motifs is 1. The smallest absolute Gasteiger partial charge is 0.303 e. The maximum Gasteiger partial charge on any atom is 0.303 e. The Morgan fingerprint density at radius 1 is 1.23 bits per heavy atom. The van der Waals surface area contributed by atoms with Crippen LogP contribution in [-0.4, -0.2) is 16.1 Å². The van der Waals surface area contributed by atoms with Gasteiger partial charge in [-0.05, 0) is 59.0 Å². The largest absolute Gasteiger partial charge is 0.481 e. The number of carboxylic acid groups (broad SMARTS) is 1. The molecule has 0 atom stereocenters. The van der Waals surface area contributed by atoms with Gasteiger partial charge >= 0.3 is 5.97 Å². The van der Waals surface area contributed by atoms with Crippen molar-refractivity contribution >= 4 is 50.5 Å². The number of benzene rings is 1. The Morgan fingerprint density at radius 2 is 2.09 bits per heavy atom. The Kier molecular flexibility index (Phi) is 4.65. The highest BCUT2D eigenvalue weighted by Crippen LogP contribution is 2.31. The van der Waals surface area contributed by atoms with Gasteiger partial charge < -0.3 is 5.11 Å². The normalized spacial score (nSPS) is 11.9. The molecular weight excluding hydrogens is 314 g/mol. The molecular formula is C17H15NO2S2. The van der Waals surface area contributed by atoms with Crippen molar-refractivity contribution in [3.05, 3.63) is 51.7 Å². The zero-order chi connectivity index (χ0) is 15.4. The van der Waals surface area contributed by atoms with Crippen LogP contribution in [0.25, 0.3) is 21.9 Å². The van der Waals surface area contributed by atoms with E-state index in [1.54, 1.807) is 22.7 Å². The molecule has 0 bridgehead atoms. The van der Waals surface area contributed by atoms with Gasteiger partial charge in [-0.3, -0.25) is 4.79 Å². The molecule has 5 heteroatoms. The number of carbonyl (C=O) groups is 1. The Labute approximate surface area is 136 Å². The summed E-state index contributed by atoms with van der Waals surface area (Å²) in [6, 6.07) is 10.1. The third-order valence-corrected chi connectivity index (χ3v) is 5.10. The number of rotatable bonds is 6. The van der Waals surface area contributed by atoms with E-state index in [0.717, 1.165) is 32.8 Å². The highest BCUT2D eigenvalue weighted by atomic mass is 32.1. The number of para-hydroxylation sites is 1. The van der Waals surface area contributed by atoms with Crippen LogP contribution in [0.1, 0.15) is 29.8 Å². The molecule has 0 radical (unpaired) electrons. The maximum atomic E-state index is 10.7. The van der Waals surface area contributed by atoms with E-state index in [2.05, 4.69) is 23.6 Å². The Morgan fingerprint density at radius 3 is 2.82 bits per heavy atom. The fourth-order valence-corrected chi connectivity index (χ4v) is 3.87. The first-order chi connectivity index (χ1) is 10.7. The van der Waals surface area contributed by atoms with Gasteiger partial charge in [0.25, 0.3) is 0 Å². The molecule has 2 aromatic heterocycles. The molecule has 0 saturated heterocycles. The van der Waals surface area contributed by atoms with Crippen molar-refractivity contribution in [3.8, 4) is 0 Å². The van der Waals surface area contributed by atoms with E-state index in [4.69, 9.17) is 10.1 Å². The third kappa shape index (κ3) is 3.61. The zero-order valence-corrected chi connectivity index (χ0v) is 13.5. The molecule has 0 unspecified atom stereocenters. The highest BCUT2D eigenvalue weighted by Gasteiger charge is 2.10. The second-order valence-electron chi connectivity index (χ2n) is 4.96. The van der Waals surface area contributed by atoms with Gasteiger partial charge in [-0.1, -0.05) is 12.1 Å². The van der Waals surface area contributed by atoms with Crippen molar-refractivity contribution in [1.82, 2.24) is 4.98 Å². The second-order valence-corrected chi connectivity index (χ2v) is 6.77. The summed E-state index contributed by atoms with van der Waals surface area (Å²) >= 11 is 3.32. The van der Waals surface area contributed by atoms with E-state index >= 15 is 0 Å². The van der Waals surface area contributed by atoms with Gasteiger partial charge in [0, 0.05) is 6.42 Å². The predicted octanol–water partition coefficient (Wildman–Crippen LogP) is 5.15. The molecule has 0 amide bonds. The number of nitrogens with zero attached hydrogens (tertiary/aromatic N) is 1. The lowest BCUT2D eigenvalue weighted by atomic mass is 10.1. The summed E-state index contributed by atoms with van der Waals surface area (Å²) in [5.41, 5.74) is 3.26. The quantitative estimate of drug-likeness (QED) is 0.680. The molecule has 0 spiro atoms. The summed E-state index contributed by atoms with van der Waals surface area (Å²) in [6.07, 6.45) is 3.66. The molecule has 1 aromatic carbocycles. The minimum absolute atomic E-state index is 0.186. The second kappa shape index (κ2) is 6.85. The maximum absolute atomic E-state index is 10.7. The first-order valence-corrected chi connectivity index (χ1v) is 8.79. The van der Waals surface area contributed by atoms with Gasteiger partial charge in [-0.2, -0.15) is 11.3 Å². The summed E-state index contributed by atoms with van der Waals surface area (Å²) < 4.78 is 1.16. The minimum Gasteiger partial charge on any atom is -0.481 e. The number of hydrogen-bond acceptors (Lipinski definition) is 4. The van der Waals surface area contributed by atoms with E-state index in [9.17, 15) is 4.79 Å². The van der Waals surface area contributed by atoms with Crippen LogP contribution >= 0.6 is 22.7 Å². The summed E-state index contributed by atoms with van der Waals surface area (Å²) in [5, 5.41) is 13.9. The van der Waals surface area contributed by atoms with E-state index in [1.807, 2.05) is 23.6 Å². The fourth-order valence-electron chi connectivity index (χ4n) is 2.24. The molecule has 3 aromatic rings. The summed E-state index contributed by atoms with van der Waals surface area (Å²) in [6.45, 7) is 0. The summed E-state index contributed by atoms with van der Waals surface area (Å²) in [5.74, 6) is -0.751. The molecule has 2 heterocycles. The molecule has 0 aliphatic rings. The Balaban J connectivity index is 1.91. The monoisotopic (exact) mass is 329 g/mol. The van der Waals surface area contributed by atoms with E-state index in [-0.39, 0.29) is 6.42 Å². The van der Waals surface area contributed by atoms with Gasteiger partial charge in [-0.15, -0.1) is 11.3 Å². The van der Waals surface area contributed by atoms with Crippen molar-refractivity contribution in [2.45, 2.75) is 19.3 Å². The van der Waals surface area contributed by atoms with Crippen molar-refractivity contribution in [1.29, 1.82) is 0 Å².